The van der Waals surface area contributed by atoms with Gasteiger partial charge in [-0.1, -0.05) is 73.5 Å². The molecule has 34 heavy (non-hydrogen) atoms. The van der Waals surface area contributed by atoms with Crippen molar-refractivity contribution >= 4 is 28.3 Å². The molecular weight excluding hydrogens is 442 g/mol. The fraction of sp³-hybridized carbons (Fsp3) is 0.393. The molecule has 2 fully saturated rings. The number of amides is 2. The number of hydrogen-bond donors (Lipinski definition) is 1. The van der Waals surface area contributed by atoms with E-state index in [-0.39, 0.29) is 11.8 Å². The summed E-state index contributed by atoms with van der Waals surface area (Å²) in [6, 6.07) is 20.0. The molecule has 2 aliphatic rings. The minimum absolute atomic E-state index is 0.114. The Morgan fingerprint density at radius 3 is 2.38 bits per heavy atom. The summed E-state index contributed by atoms with van der Waals surface area (Å²) in [6.07, 6.45) is 7.66. The van der Waals surface area contributed by atoms with Gasteiger partial charge in [-0.25, -0.2) is 4.98 Å². The topological polar surface area (TPSA) is 62.3 Å². The molecule has 176 valence electrons. The Labute approximate surface area is 205 Å². The molecule has 0 bridgehead atoms. The first-order chi connectivity index (χ1) is 16.7. The first kappa shape index (κ1) is 22.8. The average molecular weight is 474 g/mol. The highest BCUT2D eigenvalue weighted by molar-refractivity contribution is 7.16. The van der Waals surface area contributed by atoms with Gasteiger partial charge in [0.15, 0.2) is 5.13 Å². The number of benzene rings is 2. The molecule has 0 radical (unpaired) electrons. The quantitative estimate of drug-likeness (QED) is 0.464. The van der Waals surface area contributed by atoms with Gasteiger partial charge in [0, 0.05) is 29.8 Å². The fourth-order valence-electron chi connectivity index (χ4n) is 5.23. The van der Waals surface area contributed by atoms with E-state index in [1.54, 1.807) is 0 Å². The fourth-order valence-corrected chi connectivity index (χ4v) is 6.25. The maximum absolute atomic E-state index is 13.2. The molecule has 1 aliphatic heterocycles. The number of rotatable bonds is 7. The van der Waals surface area contributed by atoms with Gasteiger partial charge in [0.1, 0.15) is 6.04 Å². The molecule has 1 saturated carbocycles. The Bertz CT molecular complexity index is 1120. The normalized spacial score (nSPS) is 18.4. The number of carbonyl (C=O) groups is 2. The van der Waals surface area contributed by atoms with Crippen molar-refractivity contribution in [2.45, 2.75) is 57.4 Å². The Morgan fingerprint density at radius 2 is 1.65 bits per heavy atom. The lowest BCUT2D eigenvalue weighted by Gasteiger charge is -2.24. The predicted octanol–water partition coefficient (Wildman–Crippen LogP) is 5.91. The van der Waals surface area contributed by atoms with Gasteiger partial charge in [0.05, 0.1) is 5.69 Å². The largest absolute Gasteiger partial charge is 0.331 e. The second kappa shape index (κ2) is 10.5. The van der Waals surface area contributed by atoms with E-state index in [2.05, 4.69) is 29.6 Å². The van der Waals surface area contributed by atoms with Gasteiger partial charge >= 0.3 is 0 Å². The molecule has 1 atom stereocenters. The summed E-state index contributed by atoms with van der Waals surface area (Å²) in [5.74, 6) is 0.514. The maximum atomic E-state index is 13.2. The molecular formula is C28H31N3O2S. The first-order valence-corrected chi connectivity index (χ1v) is 13.2. The van der Waals surface area contributed by atoms with E-state index in [9.17, 15) is 9.59 Å². The van der Waals surface area contributed by atoms with Crippen LogP contribution in [0.1, 0.15) is 55.4 Å². The van der Waals surface area contributed by atoms with Crippen LogP contribution in [0.2, 0.25) is 0 Å². The zero-order chi connectivity index (χ0) is 23.3. The number of hydrogen-bond acceptors (Lipinski definition) is 4. The molecule has 0 unspecified atom stereocenters. The number of nitrogens with zero attached hydrogens (tertiary/aromatic N) is 2. The van der Waals surface area contributed by atoms with Crippen LogP contribution in [0.4, 0.5) is 5.13 Å². The average Bonchev–Trinajstić information content (AvgIpc) is 3.62. The highest BCUT2D eigenvalue weighted by Crippen LogP contribution is 2.34. The molecule has 1 saturated heterocycles. The van der Waals surface area contributed by atoms with Crippen LogP contribution in [-0.4, -0.2) is 34.3 Å². The van der Waals surface area contributed by atoms with Crippen molar-refractivity contribution < 1.29 is 9.59 Å². The first-order valence-electron chi connectivity index (χ1n) is 12.4. The summed E-state index contributed by atoms with van der Waals surface area (Å²) < 4.78 is 0. The van der Waals surface area contributed by atoms with Crippen molar-refractivity contribution in [1.29, 1.82) is 0 Å². The standard InChI is InChI=1S/C28H31N3O2S/c32-25(19-21-12-7-8-13-21)31-17-9-16-23(31)27(33)30-28-29-26(22-14-5-2-6-15-22)24(34-28)18-20-10-3-1-4-11-20/h1-6,10-11,14-15,21,23H,7-9,12-13,16-19H2,(H,29,30,33)/t23-/m0/s1. The molecule has 5 nitrogen and oxygen atoms in total. The second-order valence-corrected chi connectivity index (χ2v) is 10.5. The van der Waals surface area contributed by atoms with Crippen LogP contribution in [0.15, 0.2) is 60.7 Å². The molecule has 6 heteroatoms. The van der Waals surface area contributed by atoms with Crippen molar-refractivity contribution in [3.05, 3.63) is 71.1 Å². The molecule has 1 aliphatic carbocycles. The van der Waals surface area contributed by atoms with Crippen molar-refractivity contribution in [2.75, 3.05) is 11.9 Å². The van der Waals surface area contributed by atoms with Crippen molar-refractivity contribution in [2.24, 2.45) is 5.92 Å². The van der Waals surface area contributed by atoms with Crippen molar-refractivity contribution in [3.8, 4) is 11.3 Å². The van der Waals surface area contributed by atoms with Crippen LogP contribution in [0.5, 0.6) is 0 Å². The lowest BCUT2D eigenvalue weighted by atomic mass is 10.0. The number of nitrogens with one attached hydrogen (secondary N) is 1. The molecule has 3 aromatic rings. The SMILES string of the molecule is O=C(Nc1nc(-c2ccccc2)c(Cc2ccccc2)s1)[C@@H]1CCCN1C(=O)CC1CCCC1. The van der Waals surface area contributed by atoms with Crippen LogP contribution in [0.25, 0.3) is 11.3 Å². The molecule has 2 heterocycles. The Balaban J connectivity index is 1.33. The summed E-state index contributed by atoms with van der Waals surface area (Å²) >= 11 is 1.53. The number of aromatic nitrogens is 1. The summed E-state index contributed by atoms with van der Waals surface area (Å²) in [4.78, 5) is 33.9. The molecule has 0 spiro atoms. The van der Waals surface area contributed by atoms with E-state index in [0.717, 1.165) is 48.2 Å². The number of likely N-dealkylation sites (tertiary alicyclic amines) is 1. The van der Waals surface area contributed by atoms with Crippen LogP contribution in [0, 0.1) is 5.92 Å². The Kier molecular flexibility index (Phi) is 7.05. The summed E-state index contributed by atoms with van der Waals surface area (Å²) in [7, 11) is 0. The zero-order valence-corrected chi connectivity index (χ0v) is 20.2. The number of thiazole rings is 1. The highest BCUT2D eigenvalue weighted by Gasteiger charge is 2.35. The monoisotopic (exact) mass is 473 g/mol. The third-order valence-corrected chi connectivity index (χ3v) is 7.97. The van der Waals surface area contributed by atoms with Crippen LogP contribution in [0.3, 0.4) is 0 Å². The maximum Gasteiger partial charge on any atom is 0.248 e. The van der Waals surface area contributed by atoms with E-state index in [1.165, 1.54) is 29.7 Å². The Hall–Kier alpha value is -2.99. The van der Waals surface area contributed by atoms with Gasteiger partial charge in [-0.2, -0.15) is 0 Å². The minimum Gasteiger partial charge on any atom is -0.331 e. The predicted molar refractivity (Wildman–Crippen MR) is 137 cm³/mol. The van der Waals surface area contributed by atoms with E-state index < -0.39 is 6.04 Å². The van der Waals surface area contributed by atoms with Gasteiger partial charge in [0.25, 0.3) is 0 Å². The molecule has 2 amide bonds. The minimum atomic E-state index is -0.393. The lowest BCUT2D eigenvalue weighted by Crippen LogP contribution is -2.43. The highest BCUT2D eigenvalue weighted by atomic mass is 32.1. The van der Waals surface area contributed by atoms with Gasteiger partial charge in [-0.3, -0.25) is 9.59 Å². The number of carbonyl (C=O) groups excluding carboxylic acids is 2. The van der Waals surface area contributed by atoms with Gasteiger partial charge in [0.2, 0.25) is 11.8 Å². The van der Waals surface area contributed by atoms with E-state index in [0.29, 0.717) is 24.0 Å². The Morgan fingerprint density at radius 1 is 0.941 bits per heavy atom. The third kappa shape index (κ3) is 5.22. The van der Waals surface area contributed by atoms with Crippen molar-refractivity contribution in [1.82, 2.24) is 9.88 Å². The van der Waals surface area contributed by atoms with Crippen LogP contribution in [-0.2, 0) is 16.0 Å². The van der Waals surface area contributed by atoms with Gasteiger partial charge in [-0.15, -0.1) is 11.3 Å². The lowest BCUT2D eigenvalue weighted by molar-refractivity contribution is -0.137. The summed E-state index contributed by atoms with van der Waals surface area (Å²) in [5, 5.41) is 3.66. The summed E-state index contributed by atoms with van der Waals surface area (Å²) in [6.45, 7) is 0.677. The van der Waals surface area contributed by atoms with E-state index >= 15 is 0 Å². The molecule has 1 N–H and O–H groups in total. The summed E-state index contributed by atoms with van der Waals surface area (Å²) in [5.41, 5.74) is 3.16. The molecule has 2 aromatic carbocycles. The molecule has 1 aromatic heterocycles. The van der Waals surface area contributed by atoms with Gasteiger partial charge < -0.3 is 10.2 Å². The van der Waals surface area contributed by atoms with Crippen LogP contribution >= 0.6 is 11.3 Å². The van der Waals surface area contributed by atoms with Gasteiger partial charge in [-0.05, 0) is 37.2 Å². The zero-order valence-electron chi connectivity index (χ0n) is 19.4. The smallest absolute Gasteiger partial charge is 0.248 e. The van der Waals surface area contributed by atoms with E-state index in [4.69, 9.17) is 4.98 Å². The molecule has 5 rings (SSSR count). The van der Waals surface area contributed by atoms with Crippen molar-refractivity contribution in [3.63, 3.8) is 0 Å². The van der Waals surface area contributed by atoms with Crippen LogP contribution < -0.4 is 5.32 Å². The number of anilines is 1. The van der Waals surface area contributed by atoms with E-state index in [1.807, 2.05) is 41.3 Å². The third-order valence-electron chi connectivity index (χ3n) is 7.00. The second-order valence-electron chi connectivity index (χ2n) is 9.41.